The molecule has 4 rings (SSSR count). The average molecular weight is 387 g/mol. The van der Waals surface area contributed by atoms with Crippen LogP contribution in [-0.2, 0) is 17.7 Å². The smallest absolute Gasteiger partial charge is 0.410 e. The van der Waals surface area contributed by atoms with Crippen molar-refractivity contribution in [2.45, 2.75) is 26.1 Å². The minimum atomic E-state index is -0.318. The number of fused-ring (bicyclic) bond motifs is 3. The molecule has 8 heteroatoms. The van der Waals surface area contributed by atoms with Gasteiger partial charge in [-0.2, -0.15) is 0 Å². The number of nitrogens with one attached hydrogen (secondary N) is 2. The van der Waals surface area contributed by atoms with E-state index in [2.05, 4.69) is 10.6 Å². The predicted octanol–water partition coefficient (Wildman–Crippen LogP) is 3.13. The molecular formula is C19H21N3O4S. The van der Waals surface area contributed by atoms with Crippen molar-refractivity contribution in [1.29, 1.82) is 0 Å². The zero-order valence-electron chi connectivity index (χ0n) is 15.2. The molecule has 2 amide bonds. The van der Waals surface area contributed by atoms with Gasteiger partial charge in [0, 0.05) is 11.4 Å². The second kappa shape index (κ2) is 7.11. The third-order valence-corrected chi connectivity index (χ3v) is 5.94. The highest BCUT2D eigenvalue weighted by Gasteiger charge is 2.34. The standard InChI is InChI=1S/C19H21N3O4S/c1-3-26-19(24)22-8-7-13-14(10-22)27-18-15(13)17(23)20-16(21-18)11-5-4-6-12(9-11)25-2/h4-6,9,16,21H,3,7-8,10H2,1-2H3,(H,20,23)/t16-/m0/s1. The van der Waals surface area contributed by atoms with Crippen LogP contribution in [0.5, 0.6) is 5.75 Å². The summed E-state index contributed by atoms with van der Waals surface area (Å²) in [6, 6.07) is 7.61. The van der Waals surface area contributed by atoms with Crippen LogP contribution in [0.15, 0.2) is 24.3 Å². The van der Waals surface area contributed by atoms with Gasteiger partial charge in [-0.1, -0.05) is 12.1 Å². The van der Waals surface area contributed by atoms with Gasteiger partial charge in [-0.25, -0.2) is 4.79 Å². The third-order valence-electron chi connectivity index (χ3n) is 4.79. The molecular weight excluding hydrogens is 366 g/mol. The molecule has 1 atom stereocenters. The van der Waals surface area contributed by atoms with Crippen LogP contribution in [0.4, 0.5) is 9.80 Å². The molecule has 1 aromatic heterocycles. The summed E-state index contributed by atoms with van der Waals surface area (Å²) in [5.41, 5.74) is 2.66. The number of rotatable bonds is 3. The highest BCUT2D eigenvalue weighted by atomic mass is 32.1. The average Bonchev–Trinajstić information content (AvgIpc) is 3.06. The van der Waals surface area contributed by atoms with Crippen LogP contribution in [0.2, 0.25) is 0 Å². The minimum Gasteiger partial charge on any atom is -0.497 e. The number of carbonyl (C=O) groups is 2. The van der Waals surface area contributed by atoms with E-state index in [1.54, 1.807) is 18.9 Å². The number of hydrogen-bond acceptors (Lipinski definition) is 6. The Morgan fingerprint density at radius 1 is 1.37 bits per heavy atom. The van der Waals surface area contributed by atoms with Crippen LogP contribution in [0.25, 0.3) is 0 Å². The number of amides is 2. The van der Waals surface area contributed by atoms with Gasteiger partial charge in [0.15, 0.2) is 0 Å². The highest BCUT2D eigenvalue weighted by Crippen LogP contribution is 2.41. The predicted molar refractivity (Wildman–Crippen MR) is 102 cm³/mol. The Hall–Kier alpha value is -2.74. The zero-order chi connectivity index (χ0) is 19.0. The molecule has 0 unspecified atom stereocenters. The van der Waals surface area contributed by atoms with Gasteiger partial charge in [0.2, 0.25) is 0 Å². The number of benzene rings is 1. The first-order valence-electron chi connectivity index (χ1n) is 8.88. The van der Waals surface area contributed by atoms with Crippen LogP contribution in [-0.4, -0.2) is 37.2 Å². The lowest BCUT2D eigenvalue weighted by molar-refractivity contribution is 0.0934. The van der Waals surface area contributed by atoms with E-state index in [9.17, 15) is 9.59 Å². The number of carbonyl (C=O) groups excluding carboxylic acids is 2. The molecule has 2 aliphatic heterocycles. The Morgan fingerprint density at radius 3 is 3.00 bits per heavy atom. The van der Waals surface area contributed by atoms with Crippen molar-refractivity contribution in [1.82, 2.24) is 10.2 Å². The van der Waals surface area contributed by atoms with Gasteiger partial charge in [0.05, 0.1) is 25.8 Å². The normalized spacial score (nSPS) is 18.1. The second-order valence-corrected chi connectivity index (χ2v) is 7.51. The van der Waals surface area contributed by atoms with Gasteiger partial charge in [-0.3, -0.25) is 4.79 Å². The van der Waals surface area contributed by atoms with E-state index in [1.807, 2.05) is 24.3 Å². The molecule has 2 aromatic rings. The van der Waals surface area contributed by atoms with Crippen LogP contribution < -0.4 is 15.4 Å². The van der Waals surface area contributed by atoms with Crippen molar-refractivity contribution in [3.63, 3.8) is 0 Å². The number of methoxy groups -OCH3 is 1. The summed E-state index contributed by atoms with van der Waals surface area (Å²) in [5.74, 6) is 0.656. The number of hydrogen-bond donors (Lipinski definition) is 2. The van der Waals surface area contributed by atoms with Crippen molar-refractivity contribution >= 4 is 28.3 Å². The summed E-state index contributed by atoms with van der Waals surface area (Å²) in [5, 5.41) is 7.29. The maximum Gasteiger partial charge on any atom is 0.410 e. The van der Waals surface area contributed by atoms with Crippen molar-refractivity contribution in [2.24, 2.45) is 0 Å². The molecule has 142 valence electrons. The van der Waals surface area contributed by atoms with Gasteiger partial charge in [0.1, 0.15) is 16.9 Å². The fourth-order valence-corrected chi connectivity index (χ4v) is 4.76. The SMILES string of the molecule is CCOC(=O)N1CCc2c(sc3c2C(=O)N[C@H](c2cccc(OC)c2)N3)C1. The molecule has 27 heavy (non-hydrogen) atoms. The summed E-state index contributed by atoms with van der Waals surface area (Å²) in [4.78, 5) is 27.5. The Kier molecular flexibility index (Phi) is 4.65. The van der Waals surface area contributed by atoms with E-state index >= 15 is 0 Å². The van der Waals surface area contributed by atoms with E-state index in [1.165, 1.54) is 11.3 Å². The number of nitrogens with zero attached hydrogens (tertiary/aromatic N) is 1. The van der Waals surface area contributed by atoms with Crippen molar-refractivity contribution in [2.75, 3.05) is 25.6 Å². The van der Waals surface area contributed by atoms with Crippen LogP contribution in [0, 0.1) is 0 Å². The Morgan fingerprint density at radius 2 is 2.22 bits per heavy atom. The first kappa shape index (κ1) is 17.7. The van der Waals surface area contributed by atoms with E-state index in [0.717, 1.165) is 26.8 Å². The summed E-state index contributed by atoms with van der Waals surface area (Å²) in [7, 11) is 1.62. The Balaban J connectivity index is 1.60. The summed E-state index contributed by atoms with van der Waals surface area (Å²) >= 11 is 1.54. The lowest BCUT2D eigenvalue weighted by atomic mass is 10.0. The monoisotopic (exact) mass is 387 g/mol. The number of anilines is 1. The van der Waals surface area contributed by atoms with Crippen LogP contribution >= 0.6 is 11.3 Å². The van der Waals surface area contributed by atoms with Crippen LogP contribution in [0.1, 0.15) is 39.5 Å². The fraction of sp³-hybridized carbons (Fsp3) is 0.368. The number of thiophene rings is 1. The lowest BCUT2D eigenvalue weighted by Gasteiger charge is -2.28. The molecule has 0 saturated carbocycles. The fourth-order valence-electron chi connectivity index (χ4n) is 3.47. The van der Waals surface area contributed by atoms with Crippen molar-refractivity contribution < 1.29 is 19.1 Å². The molecule has 0 fully saturated rings. The lowest BCUT2D eigenvalue weighted by Crippen LogP contribution is -2.39. The van der Waals surface area contributed by atoms with Gasteiger partial charge in [-0.15, -0.1) is 11.3 Å². The largest absolute Gasteiger partial charge is 0.497 e. The van der Waals surface area contributed by atoms with E-state index in [4.69, 9.17) is 9.47 Å². The van der Waals surface area contributed by atoms with Crippen molar-refractivity contribution in [3.05, 3.63) is 45.8 Å². The van der Waals surface area contributed by atoms with E-state index in [-0.39, 0.29) is 18.2 Å². The molecule has 0 spiro atoms. The topological polar surface area (TPSA) is 79.9 Å². The van der Waals surface area contributed by atoms with Gasteiger partial charge in [-0.05, 0) is 36.6 Å². The summed E-state index contributed by atoms with van der Waals surface area (Å²) in [6.07, 6.45) is 0.0291. The second-order valence-electron chi connectivity index (χ2n) is 6.41. The maximum atomic E-state index is 12.8. The van der Waals surface area contributed by atoms with Crippen LogP contribution in [0.3, 0.4) is 0 Å². The molecule has 2 N–H and O–H groups in total. The molecule has 2 aliphatic rings. The first-order valence-corrected chi connectivity index (χ1v) is 9.70. The van der Waals surface area contributed by atoms with E-state index < -0.39 is 0 Å². The molecule has 3 heterocycles. The minimum absolute atomic E-state index is 0.0846. The molecule has 0 saturated heterocycles. The molecule has 0 aliphatic carbocycles. The quantitative estimate of drug-likeness (QED) is 0.846. The van der Waals surface area contributed by atoms with Crippen molar-refractivity contribution in [3.8, 4) is 5.75 Å². The third kappa shape index (κ3) is 3.21. The molecule has 7 nitrogen and oxygen atoms in total. The maximum absolute atomic E-state index is 12.8. The molecule has 1 aromatic carbocycles. The molecule has 0 radical (unpaired) electrons. The zero-order valence-corrected chi connectivity index (χ0v) is 16.0. The number of ether oxygens (including phenoxy) is 2. The highest BCUT2D eigenvalue weighted by molar-refractivity contribution is 7.16. The first-order chi connectivity index (χ1) is 13.1. The van der Waals surface area contributed by atoms with Gasteiger partial charge < -0.3 is 25.0 Å². The van der Waals surface area contributed by atoms with E-state index in [0.29, 0.717) is 31.7 Å². The summed E-state index contributed by atoms with van der Waals surface area (Å²) < 4.78 is 10.4. The summed E-state index contributed by atoms with van der Waals surface area (Å²) in [6.45, 7) is 3.19. The Labute approximate surface area is 161 Å². The van der Waals surface area contributed by atoms with Gasteiger partial charge in [0.25, 0.3) is 5.91 Å². The van der Waals surface area contributed by atoms with Gasteiger partial charge >= 0.3 is 6.09 Å². The molecule has 0 bridgehead atoms. The Bertz CT molecular complexity index is 895.